The minimum Gasteiger partial charge on any atom is -0.481 e. The van der Waals surface area contributed by atoms with Crippen LogP contribution in [0.3, 0.4) is 0 Å². The molecule has 0 atom stereocenters. The Balaban J connectivity index is 1.75. The van der Waals surface area contributed by atoms with Gasteiger partial charge in [-0.25, -0.2) is 0 Å². The van der Waals surface area contributed by atoms with Gasteiger partial charge in [0.05, 0.1) is 0 Å². The zero-order valence-electron chi connectivity index (χ0n) is 19.2. The smallest absolute Gasteiger partial charge is 0.148 e. The number of terminal acetylenes is 2. The van der Waals surface area contributed by atoms with E-state index >= 15 is 0 Å². The van der Waals surface area contributed by atoms with E-state index in [1.165, 1.54) is 16.7 Å². The lowest BCUT2D eigenvalue weighted by molar-refractivity contribution is 0.370. The van der Waals surface area contributed by atoms with Crippen LogP contribution in [0.1, 0.15) is 23.6 Å². The van der Waals surface area contributed by atoms with Gasteiger partial charge in [-0.3, -0.25) is 0 Å². The van der Waals surface area contributed by atoms with Crippen molar-refractivity contribution in [1.82, 2.24) is 0 Å². The van der Waals surface area contributed by atoms with E-state index in [1.54, 1.807) is 0 Å². The molecule has 166 valence electrons. The van der Waals surface area contributed by atoms with E-state index in [-0.39, 0.29) is 13.2 Å². The Labute approximate surface area is 202 Å². The Hall–Kier alpha value is -4.40. The van der Waals surface area contributed by atoms with E-state index in [0.717, 1.165) is 22.6 Å². The third kappa shape index (κ3) is 4.83. The highest BCUT2D eigenvalue weighted by Crippen LogP contribution is 2.40. The fraction of sp³-hybridized carbons (Fsp3) is 0.125. The van der Waals surface area contributed by atoms with Crippen molar-refractivity contribution in [3.63, 3.8) is 0 Å². The number of ether oxygens (including phenoxy) is 2. The van der Waals surface area contributed by atoms with Crippen LogP contribution in [0.4, 0.5) is 0 Å². The minimum atomic E-state index is -0.398. The summed E-state index contributed by atoms with van der Waals surface area (Å²) in [6.07, 6.45) is 10.7. The van der Waals surface area contributed by atoms with Gasteiger partial charge in [0, 0.05) is 5.41 Å². The van der Waals surface area contributed by atoms with E-state index in [9.17, 15) is 0 Å². The fourth-order valence-corrected chi connectivity index (χ4v) is 4.15. The lowest BCUT2D eigenvalue weighted by atomic mass is 9.71. The van der Waals surface area contributed by atoms with Gasteiger partial charge in [-0.2, -0.15) is 0 Å². The first-order valence-electron chi connectivity index (χ1n) is 11.1. The molecule has 0 radical (unpaired) electrons. The van der Waals surface area contributed by atoms with E-state index in [1.807, 2.05) is 30.3 Å². The summed E-state index contributed by atoms with van der Waals surface area (Å²) < 4.78 is 11.2. The second-order valence-electron chi connectivity index (χ2n) is 8.10. The van der Waals surface area contributed by atoms with Gasteiger partial charge in [0.25, 0.3) is 0 Å². The highest BCUT2D eigenvalue weighted by molar-refractivity contribution is 5.64. The van der Waals surface area contributed by atoms with Crippen LogP contribution < -0.4 is 9.47 Å². The summed E-state index contributed by atoms with van der Waals surface area (Å²) in [5, 5.41) is 0. The minimum absolute atomic E-state index is 0.247. The topological polar surface area (TPSA) is 18.5 Å². The molecule has 0 heterocycles. The SMILES string of the molecule is C#CCOc1ccc(C(C)(c2ccc(OCC#C)cc2)c2ccc(-c3ccccc3)cc2)cc1. The van der Waals surface area contributed by atoms with E-state index in [2.05, 4.69) is 91.6 Å². The Morgan fingerprint density at radius 3 is 1.35 bits per heavy atom. The predicted octanol–water partition coefficient (Wildman–Crippen LogP) is 6.73. The summed E-state index contributed by atoms with van der Waals surface area (Å²) >= 11 is 0. The van der Waals surface area contributed by atoms with Gasteiger partial charge < -0.3 is 9.47 Å². The maximum absolute atomic E-state index is 5.58. The molecular formula is C32H26O2. The molecule has 0 fully saturated rings. The van der Waals surface area contributed by atoms with Crippen molar-refractivity contribution in [2.75, 3.05) is 13.2 Å². The van der Waals surface area contributed by atoms with E-state index < -0.39 is 5.41 Å². The van der Waals surface area contributed by atoms with Gasteiger partial charge >= 0.3 is 0 Å². The zero-order chi connectivity index (χ0) is 23.8. The molecule has 0 aliphatic heterocycles. The largest absolute Gasteiger partial charge is 0.481 e. The van der Waals surface area contributed by atoms with Crippen molar-refractivity contribution >= 4 is 0 Å². The van der Waals surface area contributed by atoms with Crippen LogP contribution in [0.25, 0.3) is 11.1 Å². The number of rotatable bonds is 8. The van der Waals surface area contributed by atoms with Crippen molar-refractivity contribution in [3.8, 4) is 47.3 Å². The van der Waals surface area contributed by atoms with Crippen LogP contribution >= 0.6 is 0 Å². The molecule has 0 aromatic heterocycles. The van der Waals surface area contributed by atoms with Crippen LogP contribution in [-0.2, 0) is 5.41 Å². The van der Waals surface area contributed by atoms with E-state index in [0.29, 0.717) is 0 Å². The van der Waals surface area contributed by atoms with Crippen LogP contribution in [0.15, 0.2) is 103 Å². The molecule has 2 heteroatoms. The normalized spacial score (nSPS) is 10.7. The molecule has 0 bridgehead atoms. The standard InChI is InChI=1S/C32H26O2/c1-4-23-33-30-19-15-28(16-20-30)32(3,29-17-21-31(22-18-29)34-24-5-2)27-13-11-26(12-14-27)25-9-7-6-8-10-25/h1-2,6-22H,23-24H2,3H3. The van der Waals surface area contributed by atoms with E-state index in [4.69, 9.17) is 22.3 Å². The first-order chi connectivity index (χ1) is 16.6. The van der Waals surface area contributed by atoms with Crippen molar-refractivity contribution in [2.24, 2.45) is 0 Å². The van der Waals surface area contributed by atoms with Crippen LogP contribution in [0, 0.1) is 24.7 Å². The van der Waals surface area contributed by atoms with Crippen LogP contribution in [0.5, 0.6) is 11.5 Å². The Kier molecular flexibility index (Phi) is 7.02. The lowest BCUT2D eigenvalue weighted by Gasteiger charge is -2.32. The van der Waals surface area contributed by atoms with Crippen molar-refractivity contribution in [1.29, 1.82) is 0 Å². The molecule has 0 saturated carbocycles. The molecule has 0 aliphatic carbocycles. The second kappa shape index (κ2) is 10.5. The molecule has 0 aliphatic rings. The number of hydrogen-bond donors (Lipinski definition) is 0. The Bertz CT molecular complexity index is 1230. The molecule has 0 unspecified atom stereocenters. The zero-order valence-corrected chi connectivity index (χ0v) is 19.2. The van der Waals surface area contributed by atoms with Gasteiger partial charge in [-0.05, 0) is 59.0 Å². The average Bonchev–Trinajstić information content (AvgIpc) is 2.91. The molecule has 0 amide bonds. The molecule has 0 saturated heterocycles. The summed E-state index contributed by atoms with van der Waals surface area (Å²) in [7, 11) is 0. The predicted molar refractivity (Wildman–Crippen MR) is 139 cm³/mol. The first-order valence-corrected chi connectivity index (χ1v) is 11.1. The monoisotopic (exact) mass is 442 g/mol. The van der Waals surface area contributed by atoms with Gasteiger partial charge in [0.15, 0.2) is 0 Å². The third-order valence-corrected chi connectivity index (χ3v) is 6.08. The number of hydrogen-bond acceptors (Lipinski definition) is 2. The molecule has 0 spiro atoms. The van der Waals surface area contributed by atoms with Crippen molar-refractivity contribution in [2.45, 2.75) is 12.3 Å². The van der Waals surface area contributed by atoms with Gasteiger partial charge in [-0.15, -0.1) is 12.8 Å². The maximum atomic E-state index is 5.58. The van der Waals surface area contributed by atoms with Crippen LogP contribution in [-0.4, -0.2) is 13.2 Å². The summed E-state index contributed by atoms with van der Waals surface area (Å²) in [5.41, 5.74) is 5.45. The summed E-state index contributed by atoms with van der Waals surface area (Å²) in [5.74, 6) is 6.51. The van der Waals surface area contributed by atoms with Crippen molar-refractivity contribution in [3.05, 3.63) is 120 Å². The Morgan fingerprint density at radius 2 is 0.941 bits per heavy atom. The molecule has 4 rings (SSSR count). The molecule has 2 nitrogen and oxygen atoms in total. The quantitative estimate of drug-likeness (QED) is 0.222. The maximum Gasteiger partial charge on any atom is 0.148 e. The van der Waals surface area contributed by atoms with Crippen molar-refractivity contribution < 1.29 is 9.47 Å². The fourth-order valence-electron chi connectivity index (χ4n) is 4.15. The van der Waals surface area contributed by atoms with Gasteiger partial charge in [-0.1, -0.05) is 90.7 Å². The molecular weight excluding hydrogens is 416 g/mol. The highest BCUT2D eigenvalue weighted by atomic mass is 16.5. The molecule has 34 heavy (non-hydrogen) atoms. The summed E-state index contributed by atoms with van der Waals surface area (Å²) in [6.45, 7) is 2.73. The third-order valence-electron chi connectivity index (χ3n) is 6.08. The van der Waals surface area contributed by atoms with Gasteiger partial charge in [0.2, 0.25) is 0 Å². The molecule has 4 aromatic carbocycles. The van der Waals surface area contributed by atoms with Gasteiger partial charge in [0.1, 0.15) is 24.7 Å². The number of benzene rings is 4. The Morgan fingerprint density at radius 1 is 0.559 bits per heavy atom. The highest BCUT2D eigenvalue weighted by Gasteiger charge is 2.31. The lowest BCUT2D eigenvalue weighted by Crippen LogP contribution is -2.25. The molecule has 4 aromatic rings. The summed E-state index contributed by atoms with van der Waals surface area (Å²) in [4.78, 5) is 0. The summed E-state index contributed by atoms with van der Waals surface area (Å²) in [6, 6.07) is 35.4. The second-order valence-corrected chi connectivity index (χ2v) is 8.10. The van der Waals surface area contributed by atoms with Crippen LogP contribution in [0.2, 0.25) is 0 Å². The average molecular weight is 443 g/mol. The first kappa shape index (κ1) is 22.8. The molecule has 0 N–H and O–H groups in total.